The highest BCUT2D eigenvalue weighted by atomic mass is 32.2. The Morgan fingerprint density at radius 2 is 1.52 bits per heavy atom. The highest BCUT2D eigenvalue weighted by molar-refractivity contribution is 7.89. The van der Waals surface area contributed by atoms with Crippen LogP contribution in [-0.2, 0) is 31.4 Å². The van der Waals surface area contributed by atoms with Gasteiger partial charge in [-0.2, -0.15) is 4.31 Å². The quantitative estimate of drug-likeness (QED) is 0.566. The van der Waals surface area contributed by atoms with Crippen LogP contribution in [0.2, 0.25) is 0 Å². The molecular weight excluding hydrogens is 468 g/mol. The van der Waals surface area contributed by atoms with Gasteiger partial charge in [-0.15, -0.1) is 0 Å². The molecule has 180 valence electrons. The van der Waals surface area contributed by atoms with Crippen LogP contribution in [0.5, 0.6) is 0 Å². The maximum Gasteiger partial charge on any atom is 0.251 e. The van der Waals surface area contributed by atoms with Gasteiger partial charge < -0.3 is 9.47 Å². The number of nitrogens with zero attached hydrogens (tertiary/aromatic N) is 4. The van der Waals surface area contributed by atoms with Gasteiger partial charge in [0.2, 0.25) is 26.0 Å². The monoisotopic (exact) mass is 496 g/mol. The summed E-state index contributed by atoms with van der Waals surface area (Å²) >= 11 is 0. The number of hydrogen-bond acceptors (Lipinski definition) is 6. The lowest BCUT2D eigenvalue weighted by molar-refractivity contribution is -0.133. The zero-order valence-corrected chi connectivity index (χ0v) is 20.7. The molecule has 1 amide bonds. The van der Waals surface area contributed by atoms with Gasteiger partial charge in [0.05, 0.1) is 9.79 Å². The van der Waals surface area contributed by atoms with Crippen LogP contribution in [0.1, 0.15) is 11.1 Å². The molecule has 0 atom stereocenters. The van der Waals surface area contributed by atoms with E-state index in [4.69, 9.17) is 0 Å². The van der Waals surface area contributed by atoms with Crippen molar-refractivity contribution in [1.82, 2.24) is 18.1 Å². The molecule has 1 aromatic carbocycles. The first kappa shape index (κ1) is 25.1. The molecule has 1 saturated heterocycles. The molecule has 0 spiro atoms. The minimum Gasteiger partial charge on any atom is -0.339 e. The Morgan fingerprint density at radius 3 is 2.09 bits per heavy atom. The lowest BCUT2D eigenvalue weighted by Crippen LogP contribution is -2.51. The predicted molar refractivity (Wildman–Crippen MR) is 123 cm³/mol. The van der Waals surface area contributed by atoms with E-state index in [9.17, 15) is 26.4 Å². The summed E-state index contributed by atoms with van der Waals surface area (Å²) in [6.45, 7) is 4.04. The number of rotatable bonds is 6. The van der Waals surface area contributed by atoms with E-state index in [0.29, 0.717) is 0 Å². The smallest absolute Gasteiger partial charge is 0.251 e. The van der Waals surface area contributed by atoms with Gasteiger partial charge in [0.25, 0.3) is 5.56 Å². The Kier molecular flexibility index (Phi) is 7.13. The summed E-state index contributed by atoms with van der Waals surface area (Å²) in [7, 11) is -4.68. The normalized spacial score (nSPS) is 15.7. The van der Waals surface area contributed by atoms with E-state index < -0.39 is 25.6 Å². The van der Waals surface area contributed by atoms with Crippen molar-refractivity contribution >= 4 is 26.0 Å². The Hall–Kier alpha value is -2.54. The second kappa shape index (κ2) is 9.37. The van der Waals surface area contributed by atoms with E-state index in [1.165, 1.54) is 29.4 Å². The molecule has 0 bridgehead atoms. The molecule has 0 radical (unpaired) electrons. The largest absolute Gasteiger partial charge is 0.339 e. The number of benzene rings is 1. The summed E-state index contributed by atoms with van der Waals surface area (Å²) < 4.78 is 54.0. The van der Waals surface area contributed by atoms with E-state index in [2.05, 4.69) is 0 Å². The first-order valence-electron chi connectivity index (χ1n) is 10.3. The molecule has 2 aromatic rings. The van der Waals surface area contributed by atoms with Crippen LogP contribution in [0.15, 0.2) is 51.1 Å². The molecule has 12 heteroatoms. The summed E-state index contributed by atoms with van der Waals surface area (Å²) in [5, 5.41) is 0. The molecule has 1 aliphatic heterocycles. The Morgan fingerprint density at radius 1 is 0.909 bits per heavy atom. The molecule has 10 nitrogen and oxygen atoms in total. The van der Waals surface area contributed by atoms with Crippen molar-refractivity contribution in [2.24, 2.45) is 0 Å². The Balaban J connectivity index is 1.70. The van der Waals surface area contributed by atoms with Gasteiger partial charge in [0, 0.05) is 52.5 Å². The summed E-state index contributed by atoms with van der Waals surface area (Å²) in [4.78, 5) is 26.5. The highest BCUT2D eigenvalue weighted by Gasteiger charge is 2.30. The van der Waals surface area contributed by atoms with Gasteiger partial charge in [-0.1, -0.05) is 6.07 Å². The van der Waals surface area contributed by atoms with Crippen molar-refractivity contribution in [2.75, 3.05) is 40.3 Å². The number of aromatic nitrogens is 1. The van der Waals surface area contributed by atoms with Crippen LogP contribution in [0.4, 0.5) is 0 Å². The summed E-state index contributed by atoms with van der Waals surface area (Å²) in [5.41, 5.74) is 1.38. The predicted octanol–water partition coefficient (Wildman–Crippen LogP) is 0.249. The number of pyridine rings is 1. The van der Waals surface area contributed by atoms with Crippen molar-refractivity contribution in [3.63, 3.8) is 0 Å². The van der Waals surface area contributed by atoms with E-state index in [1.54, 1.807) is 18.2 Å². The Labute approximate surface area is 194 Å². The first-order valence-corrected chi connectivity index (χ1v) is 13.2. The fourth-order valence-electron chi connectivity index (χ4n) is 3.44. The number of piperazine rings is 1. The van der Waals surface area contributed by atoms with E-state index >= 15 is 0 Å². The van der Waals surface area contributed by atoms with Gasteiger partial charge in [0.15, 0.2) is 0 Å². The third-order valence-electron chi connectivity index (χ3n) is 5.75. The van der Waals surface area contributed by atoms with Crippen LogP contribution >= 0.6 is 0 Å². The van der Waals surface area contributed by atoms with Crippen molar-refractivity contribution in [1.29, 1.82) is 0 Å². The van der Waals surface area contributed by atoms with Crippen LogP contribution in [-0.4, -0.2) is 81.1 Å². The van der Waals surface area contributed by atoms with Gasteiger partial charge in [-0.05, 0) is 43.2 Å². The minimum absolute atomic E-state index is 0.0933. The molecule has 33 heavy (non-hydrogen) atoms. The number of hydrogen-bond donors (Lipinski definition) is 0. The molecule has 1 aromatic heterocycles. The average molecular weight is 497 g/mol. The number of sulfonamides is 2. The van der Waals surface area contributed by atoms with E-state index in [0.717, 1.165) is 32.3 Å². The van der Waals surface area contributed by atoms with Crippen molar-refractivity contribution in [3.8, 4) is 0 Å². The first-order chi connectivity index (χ1) is 15.3. The standard InChI is InChI=1S/C21H28N4O6S2/c1-16-5-6-18(13-17(16)2)33(30,31)25-11-9-23(10-12-25)21(27)15-24-14-19(7-8-20(24)26)32(28,29)22(3)4/h5-8,13-14H,9-12,15H2,1-4H3. The molecule has 0 aliphatic carbocycles. The lowest BCUT2D eigenvalue weighted by atomic mass is 10.1. The number of carbonyl (C=O) groups is 1. The van der Waals surface area contributed by atoms with Crippen LogP contribution in [0.3, 0.4) is 0 Å². The molecule has 3 rings (SSSR count). The molecule has 1 fully saturated rings. The molecule has 2 heterocycles. The molecular formula is C21H28N4O6S2. The molecule has 0 saturated carbocycles. The van der Waals surface area contributed by atoms with Gasteiger partial charge in [-0.3, -0.25) is 9.59 Å². The SMILES string of the molecule is Cc1ccc(S(=O)(=O)N2CCN(C(=O)Cn3cc(S(=O)(=O)N(C)C)ccc3=O)CC2)cc1C. The summed E-state index contributed by atoms with van der Waals surface area (Å²) in [5.74, 6) is -0.389. The summed E-state index contributed by atoms with van der Waals surface area (Å²) in [6, 6.07) is 7.30. The minimum atomic E-state index is -3.76. The van der Waals surface area contributed by atoms with Crippen molar-refractivity contribution in [3.05, 3.63) is 58.0 Å². The zero-order valence-electron chi connectivity index (χ0n) is 19.1. The fraction of sp³-hybridized carbons (Fsp3) is 0.429. The van der Waals surface area contributed by atoms with E-state index in [-0.39, 0.29) is 48.4 Å². The zero-order chi connectivity index (χ0) is 24.6. The van der Waals surface area contributed by atoms with Crippen LogP contribution in [0.25, 0.3) is 0 Å². The number of aryl methyl sites for hydroxylation is 2. The van der Waals surface area contributed by atoms with E-state index in [1.807, 2.05) is 13.8 Å². The molecule has 1 aliphatic rings. The highest BCUT2D eigenvalue weighted by Crippen LogP contribution is 2.20. The lowest BCUT2D eigenvalue weighted by Gasteiger charge is -2.34. The van der Waals surface area contributed by atoms with Gasteiger partial charge in [0.1, 0.15) is 6.54 Å². The second-order valence-electron chi connectivity index (χ2n) is 8.15. The van der Waals surface area contributed by atoms with Crippen LogP contribution in [0, 0.1) is 13.8 Å². The molecule has 0 unspecified atom stereocenters. The van der Waals surface area contributed by atoms with Crippen molar-refractivity contribution < 1.29 is 21.6 Å². The third-order valence-corrected chi connectivity index (χ3v) is 9.44. The number of amides is 1. The average Bonchev–Trinajstić information content (AvgIpc) is 2.76. The third kappa shape index (κ3) is 5.18. The maximum atomic E-state index is 13.0. The molecule has 0 N–H and O–H groups in total. The Bertz CT molecular complexity index is 1320. The van der Waals surface area contributed by atoms with Crippen molar-refractivity contribution in [2.45, 2.75) is 30.2 Å². The van der Waals surface area contributed by atoms with Crippen LogP contribution < -0.4 is 5.56 Å². The topological polar surface area (TPSA) is 117 Å². The second-order valence-corrected chi connectivity index (χ2v) is 12.2. The van der Waals surface area contributed by atoms with Gasteiger partial charge >= 0.3 is 0 Å². The summed E-state index contributed by atoms with van der Waals surface area (Å²) in [6.07, 6.45) is 1.15. The maximum absolute atomic E-state index is 13.0. The van der Waals surface area contributed by atoms with Gasteiger partial charge in [-0.25, -0.2) is 21.1 Å². The number of carbonyl (C=O) groups excluding carboxylic acids is 1. The fourth-order valence-corrected chi connectivity index (χ4v) is 5.87.